The molecule has 2 aromatic heterocycles. The maximum atomic E-state index is 13.2. The van der Waals surface area contributed by atoms with E-state index in [2.05, 4.69) is 26.9 Å². The first-order chi connectivity index (χ1) is 16.1. The second-order valence-electron chi connectivity index (χ2n) is 8.97. The van der Waals surface area contributed by atoms with Gasteiger partial charge in [0.1, 0.15) is 18.6 Å². The van der Waals surface area contributed by atoms with Gasteiger partial charge in [0.05, 0.1) is 5.69 Å². The number of likely N-dealkylation sites (tertiary alicyclic amines) is 2. The predicted molar refractivity (Wildman–Crippen MR) is 128 cm³/mol. The number of nitrogens with two attached hydrogens (primary N) is 1. The van der Waals surface area contributed by atoms with E-state index in [9.17, 15) is 4.79 Å². The van der Waals surface area contributed by atoms with Gasteiger partial charge in [0, 0.05) is 43.4 Å². The summed E-state index contributed by atoms with van der Waals surface area (Å²) in [5.74, 6) is 1.21. The predicted octanol–water partition coefficient (Wildman–Crippen LogP) is 3.12. The summed E-state index contributed by atoms with van der Waals surface area (Å²) in [4.78, 5) is 31.3. The standard InChI is InChI=1S/C25H34N6O2/c1-18(21-6-12-28-23(26)17-21)30-13-9-20(10-14-30)25(32)31-15-7-19(8-16-31)24(29-33-2)22-5-3-4-11-27-22/h3-6,11-12,17-20H,7-10,13-16H2,1-2H3,(H2,26,28)/b29-24-/t18-/m0/s1. The molecule has 8 nitrogen and oxygen atoms in total. The van der Waals surface area contributed by atoms with Crippen molar-refractivity contribution < 1.29 is 9.63 Å². The fourth-order valence-corrected chi connectivity index (χ4v) is 5.04. The third-order valence-corrected chi connectivity index (χ3v) is 7.02. The Balaban J connectivity index is 1.29. The highest BCUT2D eigenvalue weighted by Crippen LogP contribution is 2.29. The summed E-state index contributed by atoms with van der Waals surface area (Å²) in [6, 6.07) is 10.1. The molecule has 0 unspecified atom stereocenters. The minimum Gasteiger partial charge on any atom is -0.399 e. The van der Waals surface area contributed by atoms with Gasteiger partial charge in [0.15, 0.2) is 0 Å². The molecule has 0 saturated carbocycles. The van der Waals surface area contributed by atoms with E-state index in [1.54, 1.807) is 19.5 Å². The first-order valence-electron chi connectivity index (χ1n) is 11.8. The van der Waals surface area contributed by atoms with E-state index in [1.807, 2.05) is 35.2 Å². The largest absolute Gasteiger partial charge is 0.399 e. The van der Waals surface area contributed by atoms with Crippen molar-refractivity contribution in [2.45, 2.75) is 38.6 Å². The van der Waals surface area contributed by atoms with Gasteiger partial charge in [0.25, 0.3) is 0 Å². The van der Waals surface area contributed by atoms with Crippen LogP contribution in [0, 0.1) is 11.8 Å². The van der Waals surface area contributed by atoms with E-state index in [0.717, 1.165) is 63.3 Å². The highest BCUT2D eigenvalue weighted by atomic mass is 16.6. The van der Waals surface area contributed by atoms with E-state index in [-0.39, 0.29) is 17.9 Å². The molecule has 0 bridgehead atoms. The molecule has 2 saturated heterocycles. The summed E-state index contributed by atoms with van der Waals surface area (Å²) >= 11 is 0. The van der Waals surface area contributed by atoms with Gasteiger partial charge in [-0.15, -0.1) is 0 Å². The van der Waals surface area contributed by atoms with Gasteiger partial charge >= 0.3 is 0 Å². The minimum absolute atomic E-state index is 0.107. The molecule has 2 fully saturated rings. The van der Waals surface area contributed by atoms with Crippen molar-refractivity contribution >= 4 is 17.4 Å². The highest BCUT2D eigenvalue weighted by molar-refractivity contribution is 6.00. The molecule has 0 aromatic carbocycles. The number of piperidine rings is 2. The number of hydrogen-bond acceptors (Lipinski definition) is 7. The van der Waals surface area contributed by atoms with Crippen molar-refractivity contribution in [1.82, 2.24) is 19.8 Å². The zero-order valence-electron chi connectivity index (χ0n) is 19.6. The lowest BCUT2D eigenvalue weighted by molar-refractivity contribution is -0.138. The van der Waals surface area contributed by atoms with Crippen molar-refractivity contribution in [3.8, 4) is 0 Å². The lowest BCUT2D eigenvalue weighted by atomic mass is 9.88. The van der Waals surface area contributed by atoms with Crippen molar-refractivity contribution in [3.63, 3.8) is 0 Å². The van der Waals surface area contributed by atoms with Crippen molar-refractivity contribution in [1.29, 1.82) is 0 Å². The quantitative estimate of drug-likeness (QED) is 0.537. The number of nitrogen functional groups attached to an aromatic ring is 1. The zero-order chi connectivity index (χ0) is 23.2. The van der Waals surface area contributed by atoms with E-state index in [4.69, 9.17) is 10.6 Å². The molecule has 1 amide bonds. The van der Waals surface area contributed by atoms with Crippen LogP contribution in [0.4, 0.5) is 5.82 Å². The number of amides is 1. The Hall–Kier alpha value is -3.00. The maximum absolute atomic E-state index is 13.2. The summed E-state index contributed by atoms with van der Waals surface area (Å²) in [7, 11) is 1.57. The van der Waals surface area contributed by atoms with Crippen LogP contribution in [0.25, 0.3) is 0 Å². The summed E-state index contributed by atoms with van der Waals surface area (Å²) < 4.78 is 0. The Bertz CT molecular complexity index is 950. The summed E-state index contributed by atoms with van der Waals surface area (Å²) in [5.41, 5.74) is 8.76. The third-order valence-electron chi connectivity index (χ3n) is 7.02. The smallest absolute Gasteiger partial charge is 0.225 e. The van der Waals surface area contributed by atoms with E-state index in [1.165, 1.54) is 5.56 Å². The van der Waals surface area contributed by atoms with Gasteiger partial charge in [-0.1, -0.05) is 11.2 Å². The lowest BCUT2D eigenvalue weighted by Crippen LogP contribution is -2.46. The average molecular weight is 451 g/mol. The maximum Gasteiger partial charge on any atom is 0.225 e. The van der Waals surface area contributed by atoms with Gasteiger partial charge < -0.3 is 15.5 Å². The Kier molecular flexibility index (Phi) is 7.54. The molecule has 2 aromatic rings. The monoisotopic (exact) mass is 450 g/mol. The lowest BCUT2D eigenvalue weighted by Gasteiger charge is -2.39. The number of carbonyl (C=O) groups is 1. The van der Waals surface area contributed by atoms with Crippen LogP contribution < -0.4 is 5.73 Å². The van der Waals surface area contributed by atoms with Crippen LogP contribution in [0.3, 0.4) is 0 Å². The molecule has 4 rings (SSSR count). The van der Waals surface area contributed by atoms with Crippen molar-refractivity contribution in [2.75, 3.05) is 39.0 Å². The van der Waals surface area contributed by atoms with E-state index >= 15 is 0 Å². The number of anilines is 1. The number of pyridine rings is 2. The molecule has 2 aliphatic rings. The Morgan fingerprint density at radius 1 is 1.06 bits per heavy atom. The van der Waals surface area contributed by atoms with E-state index < -0.39 is 0 Å². The SMILES string of the molecule is CO/N=C(\c1ccccn1)C1CCN(C(=O)C2CCN([C@@H](C)c3ccnc(N)c3)CC2)CC1. The highest BCUT2D eigenvalue weighted by Gasteiger charge is 2.33. The van der Waals surface area contributed by atoms with Gasteiger partial charge in [0.2, 0.25) is 5.91 Å². The second kappa shape index (κ2) is 10.7. The number of rotatable bonds is 6. The molecule has 1 atom stereocenters. The number of aromatic nitrogens is 2. The van der Waals surface area contributed by atoms with Crippen molar-refractivity contribution in [2.24, 2.45) is 17.0 Å². The molecule has 33 heavy (non-hydrogen) atoms. The van der Waals surface area contributed by atoms with Crippen LogP contribution in [0.5, 0.6) is 0 Å². The van der Waals surface area contributed by atoms with Crippen LogP contribution in [-0.2, 0) is 9.63 Å². The van der Waals surface area contributed by atoms with Crippen LogP contribution >= 0.6 is 0 Å². The molecule has 2 N–H and O–H groups in total. The average Bonchev–Trinajstić information content (AvgIpc) is 2.87. The zero-order valence-corrected chi connectivity index (χ0v) is 19.6. The summed E-state index contributed by atoms with van der Waals surface area (Å²) in [6.07, 6.45) is 7.09. The van der Waals surface area contributed by atoms with Crippen LogP contribution in [0.1, 0.15) is 49.9 Å². The van der Waals surface area contributed by atoms with Crippen molar-refractivity contribution in [3.05, 3.63) is 54.0 Å². The number of hydrogen-bond donors (Lipinski definition) is 1. The fourth-order valence-electron chi connectivity index (χ4n) is 5.04. The summed E-state index contributed by atoms with van der Waals surface area (Å²) in [6.45, 7) is 5.54. The van der Waals surface area contributed by atoms with Crippen LogP contribution in [0.15, 0.2) is 47.9 Å². The Labute approximate surface area is 195 Å². The molecule has 4 heterocycles. The topological polar surface area (TPSA) is 96.9 Å². The summed E-state index contributed by atoms with van der Waals surface area (Å²) in [5, 5.41) is 4.27. The molecular formula is C25H34N6O2. The molecule has 0 aliphatic carbocycles. The molecule has 8 heteroatoms. The van der Waals surface area contributed by atoms with Gasteiger partial charge in [-0.2, -0.15) is 0 Å². The number of carbonyl (C=O) groups excluding carboxylic acids is 1. The molecule has 0 radical (unpaired) electrons. The first-order valence-corrected chi connectivity index (χ1v) is 11.8. The van der Waals surface area contributed by atoms with Crippen LogP contribution in [0.2, 0.25) is 0 Å². The molecule has 176 valence electrons. The Morgan fingerprint density at radius 2 is 1.79 bits per heavy atom. The third kappa shape index (κ3) is 5.50. The van der Waals surface area contributed by atoms with Gasteiger partial charge in [-0.05, 0) is 75.5 Å². The van der Waals surface area contributed by atoms with Crippen LogP contribution in [-0.4, -0.2) is 64.7 Å². The first kappa shape index (κ1) is 23.2. The van der Waals surface area contributed by atoms with E-state index in [0.29, 0.717) is 11.7 Å². The normalized spacial score (nSPS) is 19.9. The number of nitrogens with zero attached hydrogens (tertiary/aromatic N) is 5. The Morgan fingerprint density at radius 3 is 2.42 bits per heavy atom. The van der Waals surface area contributed by atoms with Gasteiger partial charge in [-0.3, -0.25) is 14.7 Å². The minimum atomic E-state index is 0.107. The molecule has 2 aliphatic heterocycles. The second-order valence-corrected chi connectivity index (χ2v) is 8.97. The number of oxime groups is 1. The molecule has 0 spiro atoms. The van der Waals surface area contributed by atoms with Gasteiger partial charge in [-0.25, -0.2) is 4.98 Å². The molecular weight excluding hydrogens is 416 g/mol. The fraction of sp³-hybridized carbons (Fsp3) is 0.520.